The number of allylic oxidation sites excluding steroid dienone is 2. The monoisotopic (exact) mass is 450 g/mol. The molecule has 3 aromatic rings. The lowest BCUT2D eigenvalue weighted by molar-refractivity contribution is 0.208. The summed E-state index contributed by atoms with van der Waals surface area (Å²) in [5, 5.41) is 0. The van der Waals surface area contributed by atoms with E-state index in [4.69, 9.17) is 9.47 Å². The van der Waals surface area contributed by atoms with Crippen molar-refractivity contribution in [2.24, 2.45) is 0 Å². The molecule has 5 rings (SSSR count). The lowest BCUT2D eigenvalue weighted by Gasteiger charge is -2.31. The van der Waals surface area contributed by atoms with Crippen molar-refractivity contribution in [1.82, 2.24) is 0 Å². The molecule has 0 saturated carbocycles. The Morgan fingerprint density at radius 1 is 0.794 bits per heavy atom. The van der Waals surface area contributed by atoms with Crippen LogP contribution in [0, 0.1) is 0 Å². The summed E-state index contributed by atoms with van der Waals surface area (Å²) in [6, 6.07) is 25.9. The van der Waals surface area contributed by atoms with Gasteiger partial charge < -0.3 is 19.3 Å². The third kappa shape index (κ3) is 4.72. The molecule has 0 atom stereocenters. The molecular formula is C30H30N2O2. The van der Waals surface area contributed by atoms with Crippen LogP contribution in [0.25, 0.3) is 0 Å². The SMILES string of the molecule is C=CC1=C(/C=C\C)CN(c2ccc(Cc3ccc(N4COc5ccccc5C4)cc3)cc2)CO1. The van der Waals surface area contributed by atoms with Gasteiger partial charge in [-0.15, -0.1) is 0 Å². The summed E-state index contributed by atoms with van der Waals surface area (Å²) in [5.74, 6) is 1.86. The van der Waals surface area contributed by atoms with Crippen molar-refractivity contribution in [3.8, 4) is 5.75 Å². The predicted octanol–water partition coefficient (Wildman–Crippen LogP) is 6.44. The Morgan fingerprint density at radius 3 is 2.06 bits per heavy atom. The van der Waals surface area contributed by atoms with Crippen LogP contribution in [0.2, 0.25) is 0 Å². The zero-order chi connectivity index (χ0) is 23.3. The maximum Gasteiger partial charge on any atom is 0.161 e. The topological polar surface area (TPSA) is 24.9 Å². The fourth-order valence-electron chi connectivity index (χ4n) is 4.49. The molecule has 0 aliphatic carbocycles. The number of ether oxygens (including phenoxy) is 2. The van der Waals surface area contributed by atoms with Crippen LogP contribution in [-0.2, 0) is 17.7 Å². The zero-order valence-electron chi connectivity index (χ0n) is 19.6. The minimum absolute atomic E-state index is 0.536. The molecule has 2 aliphatic heterocycles. The highest BCUT2D eigenvalue weighted by Crippen LogP contribution is 2.29. The molecule has 0 saturated heterocycles. The van der Waals surface area contributed by atoms with Crippen LogP contribution in [0.3, 0.4) is 0 Å². The van der Waals surface area contributed by atoms with E-state index >= 15 is 0 Å². The van der Waals surface area contributed by atoms with Crippen molar-refractivity contribution in [1.29, 1.82) is 0 Å². The number of rotatable bonds is 6. The molecule has 0 aromatic heterocycles. The molecule has 34 heavy (non-hydrogen) atoms. The Morgan fingerprint density at radius 2 is 1.41 bits per heavy atom. The van der Waals surface area contributed by atoms with E-state index in [9.17, 15) is 0 Å². The van der Waals surface area contributed by atoms with Gasteiger partial charge in [0.15, 0.2) is 13.5 Å². The molecule has 2 aliphatic rings. The van der Waals surface area contributed by atoms with Crippen molar-refractivity contribution in [2.45, 2.75) is 19.9 Å². The van der Waals surface area contributed by atoms with Crippen molar-refractivity contribution in [3.63, 3.8) is 0 Å². The first-order valence-corrected chi connectivity index (χ1v) is 11.7. The van der Waals surface area contributed by atoms with Gasteiger partial charge in [0, 0.05) is 35.6 Å². The van der Waals surface area contributed by atoms with Gasteiger partial charge in [-0.25, -0.2) is 0 Å². The van der Waals surface area contributed by atoms with E-state index in [0.717, 1.165) is 42.3 Å². The lowest BCUT2D eigenvalue weighted by Crippen LogP contribution is -2.32. The highest BCUT2D eigenvalue weighted by molar-refractivity contribution is 5.53. The zero-order valence-corrected chi connectivity index (χ0v) is 19.6. The molecule has 0 radical (unpaired) electrons. The van der Waals surface area contributed by atoms with Gasteiger partial charge in [-0.05, 0) is 60.9 Å². The average molecular weight is 451 g/mol. The third-order valence-corrected chi connectivity index (χ3v) is 6.33. The van der Waals surface area contributed by atoms with E-state index in [0.29, 0.717) is 13.5 Å². The lowest BCUT2D eigenvalue weighted by atomic mass is 10.0. The van der Waals surface area contributed by atoms with E-state index < -0.39 is 0 Å². The molecule has 3 aromatic carbocycles. The Bertz CT molecular complexity index is 1210. The van der Waals surface area contributed by atoms with E-state index in [1.54, 1.807) is 6.08 Å². The number of hydrogen-bond donors (Lipinski definition) is 0. The summed E-state index contributed by atoms with van der Waals surface area (Å²) in [6.07, 6.45) is 6.83. The minimum Gasteiger partial charge on any atom is -0.473 e. The average Bonchev–Trinajstić information content (AvgIpc) is 2.89. The number of hydrogen-bond acceptors (Lipinski definition) is 4. The van der Waals surface area contributed by atoms with E-state index in [1.807, 2.05) is 25.1 Å². The number of fused-ring (bicyclic) bond motifs is 1. The van der Waals surface area contributed by atoms with Gasteiger partial charge in [0.2, 0.25) is 0 Å². The number of benzene rings is 3. The molecule has 0 amide bonds. The van der Waals surface area contributed by atoms with Crippen LogP contribution in [0.4, 0.5) is 11.4 Å². The molecule has 4 heteroatoms. The Hall–Kier alpha value is -3.92. The maximum absolute atomic E-state index is 5.91. The number of anilines is 2. The van der Waals surface area contributed by atoms with Crippen LogP contribution in [0.5, 0.6) is 5.75 Å². The molecule has 2 heterocycles. The molecule has 0 bridgehead atoms. The molecule has 172 valence electrons. The van der Waals surface area contributed by atoms with Gasteiger partial charge in [0.1, 0.15) is 11.5 Å². The van der Waals surface area contributed by atoms with Crippen LogP contribution in [0.1, 0.15) is 23.6 Å². The number of para-hydroxylation sites is 1. The first kappa shape index (κ1) is 21.9. The van der Waals surface area contributed by atoms with E-state index in [2.05, 4.69) is 83.1 Å². The molecule has 4 nitrogen and oxygen atoms in total. The van der Waals surface area contributed by atoms with E-state index in [1.165, 1.54) is 22.4 Å². The highest BCUT2D eigenvalue weighted by Gasteiger charge is 2.18. The van der Waals surface area contributed by atoms with Crippen LogP contribution in [-0.4, -0.2) is 20.0 Å². The second-order valence-electron chi connectivity index (χ2n) is 8.65. The van der Waals surface area contributed by atoms with Gasteiger partial charge in [-0.3, -0.25) is 0 Å². The standard InChI is InChI=1S/C30H30N2O2/c1-3-7-25-19-31(21-33-29(25)4-2)27-14-10-23(11-15-27)18-24-12-16-28(17-13-24)32-20-26-8-5-6-9-30(26)34-22-32/h3-17H,2,18-22H2,1H3/b7-3-. The Kier molecular flexibility index (Phi) is 6.39. The predicted molar refractivity (Wildman–Crippen MR) is 139 cm³/mol. The van der Waals surface area contributed by atoms with Gasteiger partial charge in [0.25, 0.3) is 0 Å². The summed E-state index contributed by atoms with van der Waals surface area (Å²) >= 11 is 0. The summed E-state index contributed by atoms with van der Waals surface area (Å²) in [4.78, 5) is 4.50. The van der Waals surface area contributed by atoms with Crippen LogP contribution >= 0.6 is 0 Å². The van der Waals surface area contributed by atoms with Gasteiger partial charge in [-0.1, -0.05) is 61.2 Å². The number of nitrogens with zero attached hydrogens (tertiary/aromatic N) is 2. The third-order valence-electron chi connectivity index (χ3n) is 6.33. The molecule has 0 N–H and O–H groups in total. The summed E-state index contributed by atoms with van der Waals surface area (Å²) in [6.45, 7) is 8.69. The summed E-state index contributed by atoms with van der Waals surface area (Å²) in [5.41, 5.74) is 7.31. The Balaban J connectivity index is 1.22. The fourth-order valence-corrected chi connectivity index (χ4v) is 4.49. The highest BCUT2D eigenvalue weighted by atomic mass is 16.5. The van der Waals surface area contributed by atoms with Gasteiger partial charge >= 0.3 is 0 Å². The first-order chi connectivity index (χ1) is 16.7. The summed E-state index contributed by atoms with van der Waals surface area (Å²) in [7, 11) is 0. The molecular weight excluding hydrogens is 420 g/mol. The van der Waals surface area contributed by atoms with Crippen molar-refractivity contribution < 1.29 is 9.47 Å². The fraction of sp³-hybridized carbons (Fsp3) is 0.200. The molecule has 0 spiro atoms. The van der Waals surface area contributed by atoms with Crippen molar-refractivity contribution >= 4 is 11.4 Å². The second-order valence-corrected chi connectivity index (χ2v) is 8.65. The molecule has 0 fully saturated rings. The first-order valence-electron chi connectivity index (χ1n) is 11.7. The van der Waals surface area contributed by atoms with Crippen molar-refractivity contribution in [3.05, 3.63) is 126 Å². The Labute approximate surface area is 202 Å². The largest absolute Gasteiger partial charge is 0.473 e. The second kappa shape index (κ2) is 9.92. The molecule has 0 unspecified atom stereocenters. The van der Waals surface area contributed by atoms with Gasteiger partial charge in [0.05, 0.1) is 0 Å². The van der Waals surface area contributed by atoms with Crippen molar-refractivity contribution in [2.75, 3.05) is 29.8 Å². The van der Waals surface area contributed by atoms with E-state index in [-0.39, 0.29) is 0 Å². The van der Waals surface area contributed by atoms with Crippen LogP contribution < -0.4 is 14.5 Å². The minimum atomic E-state index is 0.536. The quantitative estimate of drug-likeness (QED) is 0.431. The smallest absolute Gasteiger partial charge is 0.161 e. The normalized spacial score (nSPS) is 15.7. The summed E-state index contributed by atoms with van der Waals surface area (Å²) < 4.78 is 11.8. The van der Waals surface area contributed by atoms with Gasteiger partial charge in [-0.2, -0.15) is 0 Å². The maximum atomic E-state index is 5.91. The van der Waals surface area contributed by atoms with Crippen LogP contribution in [0.15, 0.2) is 109 Å².